The Labute approximate surface area is 129 Å². The summed E-state index contributed by atoms with van der Waals surface area (Å²) in [5.74, 6) is 1.10. The quantitative estimate of drug-likeness (QED) is 0.839. The van der Waals surface area contributed by atoms with E-state index in [0.717, 1.165) is 38.3 Å². The smallest absolute Gasteiger partial charge is 0.227 e. The lowest BCUT2D eigenvalue weighted by atomic mass is 9.68. The number of amides is 1. The summed E-state index contributed by atoms with van der Waals surface area (Å²) in [7, 11) is 0. The van der Waals surface area contributed by atoms with E-state index in [0.29, 0.717) is 17.4 Å². The Morgan fingerprint density at radius 3 is 2.52 bits per heavy atom. The Bertz CT molecular complexity index is 425. The summed E-state index contributed by atoms with van der Waals surface area (Å²) in [6.45, 7) is 11.3. The molecule has 0 spiro atoms. The Hall–Kier alpha value is -0.570. The summed E-state index contributed by atoms with van der Waals surface area (Å²) < 4.78 is 0. The zero-order valence-corrected chi connectivity index (χ0v) is 14.2. The van der Waals surface area contributed by atoms with Gasteiger partial charge in [0.2, 0.25) is 5.91 Å². The molecule has 2 bridgehead atoms. The first-order valence-corrected chi connectivity index (χ1v) is 8.87. The topological polar surface area (TPSA) is 41.1 Å². The molecule has 4 unspecified atom stereocenters. The molecule has 0 aromatic carbocycles. The molecule has 2 aliphatic carbocycles. The van der Waals surface area contributed by atoms with E-state index in [9.17, 15) is 4.79 Å². The highest BCUT2D eigenvalue weighted by molar-refractivity contribution is 5.83. The zero-order valence-electron chi connectivity index (χ0n) is 14.2. The molecule has 3 rings (SSSR count). The maximum absolute atomic E-state index is 13.0. The van der Waals surface area contributed by atoms with E-state index in [1.807, 2.05) is 0 Å². The van der Waals surface area contributed by atoms with Gasteiger partial charge in [-0.05, 0) is 61.8 Å². The van der Waals surface area contributed by atoms with E-state index < -0.39 is 0 Å². The molecule has 1 aliphatic heterocycles. The number of carbonyl (C=O) groups is 1. The van der Waals surface area contributed by atoms with Crippen LogP contribution in [0.5, 0.6) is 0 Å². The van der Waals surface area contributed by atoms with Gasteiger partial charge in [-0.1, -0.05) is 27.7 Å². The van der Waals surface area contributed by atoms with E-state index in [2.05, 4.69) is 38.3 Å². The van der Waals surface area contributed by atoms with Gasteiger partial charge in [0.15, 0.2) is 0 Å². The predicted molar refractivity (Wildman–Crippen MR) is 86.0 cm³/mol. The number of hydrogen-bond donors (Lipinski definition) is 2. The molecule has 0 radical (unpaired) electrons. The third kappa shape index (κ3) is 2.07. The summed E-state index contributed by atoms with van der Waals surface area (Å²) in [6, 6.07) is 0.379. The van der Waals surface area contributed by atoms with Crippen molar-refractivity contribution in [2.45, 2.75) is 72.3 Å². The normalized spacial score (nSPS) is 44.8. The molecule has 3 aliphatic rings. The van der Waals surface area contributed by atoms with Crippen molar-refractivity contribution in [1.82, 2.24) is 10.6 Å². The predicted octanol–water partition coefficient (Wildman–Crippen LogP) is 3.10. The second-order valence-electron chi connectivity index (χ2n) is 8.55. The van der Waals surface area contributed by atoms with Crippen LogP contribution >= 0.6 is 0 Å². The van der Waals surface area contributed by atoms with Crippen LogP contribution in [0.15, 0.2) is 0 Å². The summed E-state index contributed by atoms with van der Waals surface area (Å²) in [4.78, 5) is 13.0. The molecule has 3 heteroatoms. The van der Waals surface area contributed by atoms with E-state index >= 15 is 0 Å². The molecular formula is C18H32N2O. The highest BCUT2D eigenvalue weighted by Gasteiger charge is 2.62. The molecule has 4 atom stereocenters. The third-order valence-electron chi connectivity index (χ3n) is 7.73. The highest BCUT2D eigenvalue weighted by Crippen LogP contribution is 2.65. The number of carbonyl (C=O) groups excluding carboxylic acids is 1. The second-order valence-corrected chi connectivity index (χ2v) is 8.55. The van der Waals surface area contributed by atoms with Crippen molar-refractivity contribution < 1.29 is 4.79 Å². The number of fused-ring (bicyclic) bond motifs is 2. The number of rotatable bonds is 3. The average molecular weight is 292 g/mol. The van der Waals surface area contributed by atoms with Crippen LogP contribution in [0.25, 0.3) is 0 Å². The van der Waals surface area contributed by atoms with Gasteiger partial charge in [-0.3, -0.25) is 4.79 Å². The molecule has 1 saturated heterocycles. The second kappa shape index (κ2) is 4.97. The fourth-order valence-electron chi connectivity index (χ4n) is 5.36. The largest absolute Gasteiger partial charge is 0.352 e. The molecule has 0 aromatic rings. The van der Waals surface area contributed by atoms with Crippen LogP contribution < -0.4 is 10.6 Å². The van der Waals surface area contributed by atoms with Gasteiger partial charge < -0.3 is 10.6 Å². The van der Waals surface area contributed by atoms with Gasteiger partial charge in [0.25, 0.3) is 0 Å². The van der Waals surface area contributed by atoms with Crippen LogP contribution in [0.4, 0.5) is 0 Å². The molecule has 3 nitrogen and oxygen atoms in total. The van der Waals surface area contributed by atoms with E-state index in [4.69, 9.17) is 0 Å². The minimum atomic E-state index is -0.166. The van der Waals surface area contributed by atoms with Crippen LogP contribution in [0.3, 0.4) is 0 Å². The summed E-state index contributed by atoms with van der Waals surface area (Å²) in [5.41, 5.74) is 0.486. The Morgan fingerprint density at radius 1 is 1.29 bits per heavy atom. The minimum Gasteiger partial charge on any atom is -0.352 e. The van der Waals surface area contributed by atoms with Crippen molar-refractivity contribution >= 4 is 5.91 Å². The van der Waals surface area contributed by atoms with Gasteiger partial charge in [-0.25, -0.2) is 0 Å². The fourth-order valence-corrected chi connectivity index (χ4v) is 5.36. The maximum Gasteiger partial charge on any atom is 0.227 e. The molecule has 1 amide bonds. The molecule has 0 aromatic heterocycles. The molecule has 1 heterocycles. The third-order valence-corrected chi connectivity index (χ3v) is 7.73. The first-order valence-electron chi connectivity index (χ1n) is 8.87. The van der Waals surface area contributed by atoms with Crippen molar-refractivity contribution in [3.8, 4) is 0 Å². The zero-order chi connectivity index (χ0) is 15.3. The molecular weight excluding hydrogens is 260 g/mol. The van der Waals surface area contributed by atoms with Crippen molar-refractivity contribution in [3.63, 3.8) is 0 Å². The van der Waals surface area contributed by atoms with Crippen LogP contribution in [-0.2, 0) is 4.79 Å². The number of nitrogens with one attached hydrogen (secondary N) is 2. The fraction of sp³-hybridized carbons (Fsp3) is 0.944. The van der Waals surface area contributed by atoms with E-state index in [-0.39, 0.29) is 10.8 Å². The van der Waals surface area contributed by atoms with Crippen LogP contribution in [-0.4, -0.2) is 25.0 Å². The SMILES string of the molecule is CCC1(C(=O)NC2CC3CCC2(C)C3(C)C)CCCNC1. The van der Waals surface area contributed by atoms with Crippen LogP contribution in [0.2, 0.25) is 0 Å². The maximum atomic E-state index is 13.0. The monoisotopic (exact) mass is 292 g/mol. The Morgan fingerprint density at radius 2 is 2.05 bits per heavy atom. The van der Waals surface area contributed by atoms with Crippen molar-refractivity contribution in [2.75, 3.05) is 13.1 Å². The average Bonchev–Trinajstić information content (AvgIpc) is 2.81. The Balaban J connectivity index is 1.74. The van der Waals surface area contributed by atoms with Gasteiger partial charge in [0.05, 0.1) is 5.41 Å². The van der Waals surface area contributed by atoms with Gasteiger partial charge in [-0.2, -0.15) is 0 Å². The van der Waals surface area contributed by atoms with E-state index in [1.165, 1.54) is 19.3 Å². The molecule has 21 heavy (non-hydrogen) atoms. The van der Waals surface area contributed by atoms with Crippen LogP contribution in [0, 0.1) is 22.2 Å². The van der Waals surface area contributed by atoms with Gasteiger partial charge in [0, 0.05) is 12.6 Å². The first-order chi connectivity index (χ1) is 9.86. The lowest BCUT2D eigenvalue weighted by molar-refractivity contribution is -0.134. The summed E-state index contributed by atoms with van der Waals surface area (Å²) in [6.07, 6.45) is 6.91. The molecule has 120 valence electrons. The Kier molecular flexibility index (Phi) is 3.63. The lowest BCUT2D eigenvalue weighted by Gasteiger charge is -2.42. The molecule has 2 N–H and O–H groups in total. The van der Waals surface area contributed by atoms with Crippen molar-refractivity contribution in [3.05, 3.63) is 0 Å². The number of piperidine rings is 1. The van der Waals surface area contributed by atoms with Gasteiger partial charge >= 0.3 is 0 Å². The standard InChI is InChI=1S/C18H32N2O/c1-5-18(8-6-10-19-12-18)15(21)20-14-11-13-7-9-17(14,4)16(13,2)3/h13-14,19H,5-12H2,1-4H3,(H,20,21). The van der Waals surface area contributed by atoms with Crippen molar-refractivity contribution in [1.29, 1.82) is 0 Å². The minimum absolute atomic E-state index is 0.166. The van der Waals surface area contributed by atoms with Crippen LogP contribution in [0.1, 0.15) is 66.2 Å². The van der Waals surface area contributed by atoms with Gasteiger partial charge in [-0.15, -0.1) is 0 Å². The van der Waals surface area contributed by atoms with Gasteiger partial charge in [0.1, 0.15) is 0 Å². The van der Waals surface area contributed by atoms with Crippen molar-refractivity contribution in [2.24, 2.45) is 22.2 Å². The highest BCUT2D eigenvalue weighted by atomic mass is 16.2. The summed E-state index contributed by atoms with van der Waals surface area (Å²) in [5, 5.41) is 6.92. The lowest BCUT2D eigenvalue weighted by Crippen LogP contribution is -2.55. The van der Waals surface area contributed by atoms with E-state index in [1.54, 1.807) is 0 Å². The molecule has 2 saturated carbocycles. The first kappa shape index (κ1) is 15.3. The number of hydrogen-bond acceptors (Lipinski definition) is 2. The summed E-state index contributed by atoms with van der Waals surface area (Å²) >= 11 is 0. The molecule has 3 fully saturated rings.